The van der Waals surface area contributed by atoms with Crippen molar-refractivity contribution in [3.63, 3.8) is 0 Å². The van der Waals surface area contributed by atoms with Crippen LogP contribution in [0.15, 0.2) is 47.3 Å². The lowest BCUT2D eigenvalue weighted by Crippen LogP contribution is -2.24. The van der Waals surface area contributed by atoms with Gasteiger partial charge >= 0.3 is 0 Å². The Hall–Kier alpha value is -2.66. The number of nitrogens with zero attached hydrogens (tertiary/aromatic N) is 3. The van der Waals surface area contributed by atoms with Crippen molar-refractivity contribution in [2.45, 2.75) is 39.5 Å². The number of ether oxygens (including phenoxy) is 1. The first-order valence-electron chi connectivity index (χ1n) is 10.6. The average Bonchev–Trinajstić information content (AvgIpc) is 3.25. The van der Waals surface area contributed by atoms with E-state index in [1.165, 1.54) is 25.9 Å². The van der Waals surface area contributed by atoms with Gasteiger partial charge in [-0.2, -0.15) is 0 Å². The fraction of sp³-hybridized carbons (Fsp3) is 0.417. The summed E-state index contributed by atoms with van der Waals surface area (Å²) in [6.45, 7) is 8.26. The van der Waals surface area contributed by atoms with Crippen LogP contribution in [0.25, 0.3) is 16.6 Å². The van der Waals surface area contributed by atoms with Crippen LogP contribution in [-0.4, -0.2) is 40.7 Å². The van der Waals surface area contributed by atoms with Gasteiger partial charge < -0.3 is 9.64 Å². The van der Waals surface area contributed by atoms with Crippen molar-refractivity contribution >= 4 is 10.9 Å². The molecule has 0 atom stereocenters. The highest BCUT2D eigenvalue weighted by Gasteiger charge is 2.13. The molecule has 152 valence electrons. The topological polar surface area (TPSA) is 47.4 Å². The number of fused-ring (bicyclic) bond motifs is 1. The molecule has 1 aliphatic heterocycles. The van der Waals surface area contributed by atoms with Crippen molar-refractivity contribution in [1.29, 1.82) is 0 Å². The summed E-state index contributed by atoms with van der Waals surface area (Å²) in [5, 5.41) is 0.687. The monoisotopic (exact) mass is 391 g/mol. The predicted octanol–water partition coefficient (Wildman–Crippen LogP) is 4.12. The number of hydrogen-bond donors (Lipinski definition) is 0. The van der Waals surface area contributed by atoms with Gasteiger partial charge in [-0.25, -0.2) is 4.98 Å². The van der Waals surface area contributed by atoms with Crippen LogP contribution in [0.5, 0.6) is 5.75 Å². The molecule has 0 spiro atoms. The summed E-state index contributed by atoms with van der Waals surface area (Å²) in [7, 11) is 0. The smallest absolute Gasteiger partial charge is 0.266 e. The summed E-state index contributed by atoms with van der Waals surface area (Å²) in [5.74, 6) is 1.61. The predicted molar refractivity (Wildman–Crippen MR) is 117 cm³/mol. The van der Waals surface area contributed by atoms with Crippen LogP contribution in [0, 0.1) is 6.92 Å². The van der Waals surface area contributed by atoms with E-state index in [-0.39, 0.29) is 5.56 Å². The average molecular weight is 392 g/mol. The Kier molecular flexibility index (Phi) is 5.95. The third-order valence-corrected chi connectivity index (χ3v) is 5.67. The number of benzene rings is 2. The quantitative estimate of drug-likeness (QED) is 0.569. The molecular weight excluding hydrogens is 362 g/mol. The minimum Gasteiger partial charge on any atom is -0.494 e. The maximum atomic E-state index is 13.2. The van der Waals surface area contributed by atoms with E-state index in [9.17, 15) is 4.79 Å². The molecule has 1 saturated heterocycles. The molecule has 2 aromatic carbocycles. The number of likely N-dealkylation sites (tertiary alicyclic amines) is 1. The van der Waals surface area contributed by atoms with Crippen molar-refractivity contribution < 1.29 is 4.74 Å². The molecular formula is C24H29N3O2. The third kappa shape index (κ3) is 4.20. The first-order chi connectivity index (χ1) is 14.2. The van der Waals surface area contributed by atoms with Crippen LogP contribution in [0.2, 0.25) is 0 Å². The van der Waals surface area contributed by atoms with Gasteiger partial charge in [0.2, 0.25) is 0 Å². The summed E-state index contributed by atoms with van der Waals surface area (Å²) in [4.78, 5) is 20.5. The summed E-state index contributed by atoms with van der Waals surface area (Å²) < 4.78 is 7.63. The maximum Gasteiger partial charge on any atom is 0.266 e. The van der Waals surface area contributed by atoms with Gasteiger partial charge in [0.25, 0.3) is 5.56 Å². The lowest BCUT2D eigenvalue weighted by atomic mass is 10.1. The largest absolute Gasteiger partial charge is 0.494 e. The molecule has 1 aliphatic rings. The number of aryl methyl sites for hydroxylation is 2. The summed E-state index contributed by atoms with van der Waals surface area (Å²) in [5.41, 5.74) is 2.54. The molecule has 0 amide bonds. The molecule has 0 radical (unpaired) electrons. The molecule has 0 aliphatic carbocycles. The van der Waals surface area contributed by atoms with Gasteiger partial charge in [-0.05, 0) is 75.2 Å². The van der Waals surface area contributed by atoms with Crippen LogP contribution in [0.4, 0.5) is 0 Å². The van der Waals surface area contributed by atoms with E-state index in [2.05, 4.69) is 4.90 Å². The Labute approximate surface area is 171 Å². The van der Waals surface area contributed by atoms with Gasteiger partial charge in [0.15, 0.2) is 0 Å². The fourth-order valence-corrected chi connectivity index (χ4v) is 4.12. The molecule has 0 unspecified atom stereocenters. The molecule has 5 heteroatoms. The Morgan fingerprint density at radius 1 is 1.07 bits per heavy atom. The van der Waals surface area contributed by atoms with Crippen LogP contribution >= 0.6 is 0 Å². The zero-order valence-electron chi connectivity index (χ0n) is 17.4. The second-order valence-corrected chi connectivity index (χ2v) is 7.74. The standard InChI is InChI=1S/C24H29N3O2/c1-3-22-25-21-9-6-8-18(2)23(21)24(28)27(22)19-10-12-20(13-11-19)29-17-7-16-26-14-4-5-15-26/h6,8-13H,3-5,7,14-17H2,1-2H3. The fourth-order valence-electron chi connectivity index (χ4n) is 4.12. The highest BCUT2D eigenvalue weighted by atomic mass is 16.5. The summed E-state index contributed by atoms with van der Waals surface area (Å²) >= 11 is 0. The van der Waals surface area contributed by atoms with Gasteiger partial charge in [0.05, 0.1) is 23.2 Å². The first-order valence-corrected chi connectivity index (χ1v) is 10.6. The lowest BCUT2D eigenvalue weighted by molar-refractivity contribution is 0.263. The number of aromatic nitrogens is 2. The Bertz CT molecular complexity index is 1030. The van der Waals surface area contributed by atoms with E-state index in [4.69, 9.17) is 9.72 Å². The molecule has 2 heterocycles. The molecule has 1 aromatic heterocycles. The van der Waals surface area contributed by atoms with E-state index in [0.29, 0.717) is 18.4 Å². The normalized spacial score (nSPS) is 14.6. The zero-order chi connectivity index (χ0) is 20.2. The van der Waals surface area contributed by atoms with Crippen LogP contribution in [0.3, 0.4) is 0 Å². The van der Waals surface area contributed by atoms with Crippen molar-refractivity contribution in [1.82, 2.24) is 14.5 Å². The van der Waals surface area contributed by atoms with Gasteiger partial charge in [0, 0.05) is 13.0 Å². The van der Waals surface area contributed by atoms with Gasteiger partial charge in [-0.1, -0.05) is 19.1 Å². The highest BCUT2D eigenvalue weighted by molar-refractivity contribution is 5.81. The Morgan fingerprint density at radius 3 is 2.55 bits per heavy atom. The molecule has 0 N–H and O–H groups in total. The van der Waals surface area contributed by atoms with Crippen molar-refractivity contribution in [3.05, 3.63) is 64.2 Å². The molecule has 29 heavy (non-hydrogen) atoms. The van der Waals surface area contributed by atoms with Gasteiger partial charge in [-0.15, -0.1) is 0 Å². The Balaban J connectivity index is 1.52. The zero-order valence-corrected chi connectivity index (χ0v) is 17.4. The van der Waals surface area contributed by atoms with Crippen LogP contribution in [0.1, 0.15) is 37.6 Å². The molecule has 0 saturated carbocycles. The number of hydrogen-bond acceptors (Lipinski definition) is 4. The van der Waals surface area contributed by atoms with E-state index >= 15 is 0 Å². The van der Waals surface area contributed by atoms with Gasteiger partial charge in [-0.3, -0.25) is 9.36 Å². The van der Waals surface area contributed by atoms with Crippen molar-refractivity contribution in [2.75, 3.05) is 26.2 Å². The van der Waals surface area contributed by atoms with E-state index in [1.807, 2.05) is 56.3 Å². The number of rotatable bonds is 7. The van der Waals surface area contributed by atoms with Crippen LogP contribution in [-0.2, 0) is 6.42 Å². The van der Waals surface area contributed by atoms with E-state index < -0.39 is 0 Å². The second-order valence-electron chi connectivity index (χ2n) is 7.74. The molecule has 5 nitrogen and oxygen atoms in total. The second kappa shape index (κ2) is 8.78. The Morgan fingerprint density at radius 2 is 1.83 bits per heavy atom. The molecule has 3 aromatic rings. The van der Waals surface area contributed by atoms with Crippen molar-refractivity contribution in [3.8, 4) is 11.4 Å². The maximum absolute atomic E-state index is 13.2. The third-order valence-electron chi connectivity index (χ3n) is 5.67. The molecule has 0 bridgehead atoms. The van der Waals surface area contributed by atoms with E-state index in [0.717, 1.165) is 41.3 Å². The van der Waals surface area contributed by atoms with E-state index in [1.54, 1.807) is 4.57 Å². The first kappa shape index (κ1) is 19.6. The highest BCUT2D eigenvalue weighted by Crippen LogP contribution is 2.19. The summed E-state index contributed by atoms with van der Waals surface area (Å²) in [6.07, 6.45) is 4.37. The molecule has 1 fully saturated rings. The minimum absolute atomic E-state index is 0.00997. The summed E-state index contributed by atoms with van der Waals surface area (Å²) in [6, 6.07) is 13.6. The molecule has 4 rings (SSSR count). The minimum atomic E-state index is -0.00997. The van der Waals surface area contributed by atoms with Crippen LogP contribution < -0.4 is 10.3 Å². The van der Waals surface area contributed by atoms with Crippen molar-refractivity contribution in [2.24, 2.45) is 0 Å². The van der Waals surface area contributed by atoms with Gasteiger partial charge in [0.1, 0.15) is 11.6 Å². The SMILES string of the molecule is CCc1nc2cccc(C)c2c(=O)n1-c1ccc(OCCCN2CCCC2)cc1. The lowest BCUT2D eigenvalue weighted by Gasteiger charge is -2.15.